The number of carbonyl (C=O) groups excluding carboxylic acids is 1. The SMILES string of the molecule is Cc1cc(C)c(CN2CCC(N3CCN(Cc4nc(C)no4)C3=O)C2)c(C)c1. The molecule has 1 unspecified atom stereocenters. The molecule has 1 aromatic heterocycles. The van der Waals surface area contributed by atoms with Gasteiger partial charge in [-0.15, -0.1) is 0 Å². The molecule has 2 aliphatic rings. The van der Waals surface area contributed by atoms with Crippen LogP contribution in [0.15, 0.2) is 16.7 Å². The molecule has 7 nitrogen and oxygen atoms in total. The van der Waals surface area contributed by atoms with Crippen LogP contribution in [0.5, 0.6) is 0 Å². The number of rotatable bonds is 5. The molecular weight excluding hydrogens is 354 g/mol. The molecule has 2 fully saturated rings. The summed E-state index contributed by atoms with van der Waals surface area (Å²) in [5, 5.41) is 3.81. The van der Waals surface area contributed by atoms with Gasteiger partial charge in [-0.05, 0) is 50.8 Å². The van der Waals surface area contributed by atoms with Gasteiger partial charge in [-0.2, -0.15) is 4.98 Å². The number of nitrogens with zero attached hydrogens (tertiary/aromatic N) is 5. The van der Waals surface area contributed by atoms with E-state index in [-0.39, 0.29) is 12.1 Å². The van der Waals surface area contributed by atoms with Gasteiger partial charge in [-0.1, -0.05) is 22.9 Å². The van der Waals surface area contributed by atoms with Gasteiger partial charge in [0.15, 0.2) is 5.82 Å². The highest BCUT2D eigenvalue weighted by atomic mass is 16.5. The summed E-state index contributed by atoms with van der Waals surface area (Å²) >= 11 is 0. The van der Waals surface area contributed by atoms with Gasteiger partial charge in [0.05, 0.1) is 0 Å². The first kappa shape index (κ1) is 18.9. The third-order valence-electron chi connectivity index (χ3n) is 5.93. The lowest BCUT2D eigenvalue weighted by molar-refractivity contribution is 0.170. The summed E-state index contributed by atoms with van der Waals surface area (Å²) in [4.78, 5) is 23.4. The number of urea groups is 1. The normalized spacial score (nSPS) is 20.6. The fraction of sp³-hybridized carbons (Fsp3) is 0.571. The van der Waals surface area contributed by atoms with Crippen molar-refractivity contribution in [3.63, 3.8) is 0 Å². The smallest absolute Gasteiger partial charge is 0.320 e. The maximum Gasteiger partial charge on any atom is 0.320 e. The molecule has 150 valence electrons. The van der Waals surface area contributed by atoms with Gasteiger partial charge in [0.2, 0.25) is 5.89 Å². The second-order valence-electron chi connectivity index (χ2n) is 8.19. The summed E-state index contributed by atoms with van der Waals surface area (Å²) < 4.78 is 5.17. The van der Waals surface area contributed by atoms with Crippen LogP contribution in [0.25, 0.3) is 0 Å². The number of amides is 2. The van der Waals surface area contributed by atoms with E-state index in [1.807, 2.05) is 9.80 Å². The van der Waals surface area contributed by atoms with Gasteiger partial charge >= 0.3 is 6.03 Å². The lowest BCUT2D eigenvalue weighted by Gasteiger charge is -2.25. The van der Waals surface area contributed by atoms with E-state index in [1.165, 1.54) is 22.3 Å². The molecule has 0 bridgehead atoms. The molecule has 0 aliphatic carbocycles. The summed E-state index contributed by atoms with van der Waals surface area (Å²) in [7, 11) is 0. The molecule has 0 N–H and O–H groups in total. The Balaban J connectivity index is 1.36. The van der Waals surface area contributed by atoms with Crippen LogP contribution >= 0.6 is 0 Å². The molecule has 0 saturated carbocycles. The Morgan fingerprint density at radius 2 is 1.82 bits per heavy atom. The predicted molar refractivity (Wildman–Crippen MR) is 106 cm³/mol. The van der Waals surface area contributed by atoms with Crippen LogP contribution in [-0.4, -0.2) is 63.1 Å². The monoisotopic (exact) mass is 383 g/mol. The van der Waals surface area contributed by atoms with Crippen molar-refractivity contribution in [2.45, 2.75) is 53.2 Å². The van der Waals surface area contributed by atoms with E-state index in [0.29, 0.717) is 24.8 Å². The van der Waals surface area contributed by atoms with Crippen LogP contribution in [0.3, 0.4) is 0 Å². The van der Waals surface area contributed by atoms with Crippen LogP contribution < -0.4 is 0 Å². The summed E-state index contributed by atoms with van der Waals surface area (Å²) in [6, 6.07) is 4.90. The van der Waals surface area contributed by atoms with E-state index in [1.54, 1.807) is 6.92 Å². The Hall–Kier alpha value is -2.41. The fourth-order valence-electron chi connectivity index (χ4n) is 4.55. The molecule has 2 amide bonds. The van der Waals surface area contributed by atoms with Crippen LogP contribution in [0, 0.1) is 27.7 Å². The minimum absolute atomic E-state index is 0.0883. The molecule has 28 heavy (non-hydrogen) atoms. The summed E-state index contributed by atoms with van der Waals surface area (Å²) in [6.07, 6.45) is 1.03. The van der Waals surface area contributed by atoms with Crippen molar-refractivity contribution in [2.24, 2.45) is 0 Å². The van der Waals surface area contributed by atoms with Crippen molar-refractivity contribution in [2.75, 3.05) is 26.2 Å². The quantitative estimate of drug-likeness (QED) is 0.794. The highest BCUT2D eigenvalue weighted by Gasteiger charge is 2.37. The van der Waals surface area contributed by atoms with Gasteiger partial charge < -0.3 is 14.3 Å². The Kier molecular flexibility index (Phi) is 5.10. The molecule has 2 saturated heterocycles. The highest BCUT2D eigenvalue weighted by Crippen LogP contribution is 2.25. The van der Waals surface area contributed by atoms with E-state index < -0.39 is 0 Å². The molecular formula is C21H29N5O2. The third-order valence-corrected chi connectivity index (χ3v) is 5.93. The van der Waals surface area contributed by atoms with Gasteiger partial charge in [-0.3, -0.25) is 4.90 Å². The van der Waals surface area contributed by atoms with Crippen LogP contribution in [0.2, 0.25) is 0 Å². The first-order valence-corrected chi connectivity index (χ1v) is 10.0. The molecule has 1 aromatic carbocycles. The van der Waals surface area contributed by atoms with Gasteiger partial charge in [0.1, 0.15) is 6.54 Å². The number of benzene rings is 1. The zero-order chi connectivity index (χ0) is 19.8. The number of hydrogen-bond acceptors (Lipinski definition) is 5. The first-order chi connectivity index (χ1) is 13.4. The van der Waals surface area contributed by atoms with Gasteiger partial charge in [0.25, 0.3) is 0 Å². The van der Waals surface area contributed by atoms with E-state index in [4.69, 9.17) is 4.52 Å². The maximum absolute atomic E-state index is 12.9. The van der Waals surface area contributed by atoms with E-state index in [9.17, 15) is 4.79 Å². The zero-order valence-electron chi connectivity index (χ0n) is 17.2. The van der Waals surface area contributed by atoms with Crippen molar-refractivity contribution in [3.8, 4) is 0 Å². The number of carbonyl (C=O) groups is 1. The molecule has 1 atom stereocenters. The molecule has 7 heteroatoms. The minimum Gasteiger partial charge on any atom is -0.337 e. The van der Waals surface area contributed by atoms with Crippen LogP contribution in [-0.2, 0) is 13.1 Å². The first-order valence-electron chi connectivity index (χ1n) is 10.0. The van der Waals surface area contributed by atoms with Crippen molar-refractivity contribution >= 4 is 6.03 Å². The average molecular weight is 383 g/mol. The topological polar surface area (TPSA) is 65.7 Å². The Bertz CT molecular complexity index is 854. The standard InChI is InChI=1S/C21H29N5O2/c1-14-9-15(2)19(16(3)10-14)12-24-6-5-18(11-24)26-8-7-25(21(26)27)13-20-22-17(4)23-28-20/h9-10,18H,5-8,11-13H2,1-4H3. The lowest BCUT2D eigenvalue weighted by Crippen LogP contribution is -2.40. The number of aromatic nitrogens is 2. The number of hydrogen-bond donors (Lipinski definition) is 0. The Morgan fingerprint density at radius 3 is 2.50 bits per heavy atom. The van der Waals surface area contributed by atoms with Gasteiger partial charge in [-0.25, -0.2) is 4.79 Å². The van der Waals surface area contributed by atoms with Crippen LogP contribution in [0.1, 0.15) is 40.4 Å². The molecule has 0 radical (unpaired) electrons. The number of likely N-dealkylation sites (tertiary alicyclic amines) is 1. The average Bonchev–Trinajstić information content (AvgIpc) is 3.33. The molecule has 2 aliphatic heterocycles. The van der Waals surface area contributed by atoms with E-state index >= 15 is 0 Å². The Morgan fingerprint density at radius 1 is 1.07 bits per heavy atom. The Labute approximate surface area is 166 Å². The second kappa shape index (κ2) is 7.54. The second-order valence-corrected chi connectivity index (χ2v) is 8.19. The third kappa shape index (κ3) is 3.76. The predicted octanol–water partition coefficient (Wildman–Crippen LogP) is 2.82. The van der Waals surface area contributed by atoms with Crippen molar-refractivity contribution in [3.05, 3.63) is 46.1 Å². The molecule has 3 heterocycles. The summed E-state index contributed by atoms with van der Waals surface area (Å²) in [6.45, 7) is 13.1. The van der Waals surface area contributed by atoms with Crippen molar-refractivity contribution in [1.29, 1.82) is 0 Å². The lowest BCUT2D eigenvalue weighted by atomic mass is 9.99. The van der Waals surface area contributed by atoms with Gasteiger partial charge in [0, 0.05) is 38.8 Å². The number of aryl methyl sites for hydroxylation is 4. The van der Waals surface area contributed by atoms with Crippen molar-refractivity contribution in [1.82, 2.24) is 24.8 Å². The fourth-order valence-corrected chi connectivity index (χ4v) is 4.55. The van der Waals surface area contributed by atoms with E-state index in [0.717, 1.165) is 32.6 Å². The summed E-state index contributed by atoms with van der Waals surface area (Å²) in [5.74, 6) is 1.11. The largest absolute Gasteiger partial charge is 0.337 e. The van der Waals surface area contributed by atoms with Crippen molar-refractivity contribution < 1.29 is 9.32 Å². The molecule has 2 aromatic rings. The maximum atomic E-state index is 12.9. The zero-order valence-corrected chi connectivity index (χ0v) is 17.2. The highest BCUT2D eigenvalue weighted by molar-refractivity contribution is 5.76. The molecule has 4 rings (SSSR count). The summed E-state index contributed by atoms with van der Waals surface area (Å²) in [5.41, 5.74) is 5.46. The van der Waals surface area contributed by atoms with Crippen LogP contribution in [0.4, 0.5) is 4.79 Å². The van der Waals surface area contributed by atoms with E-state index in [2.05, 4.69) is 47.9 Å². The minimum atomic E-state index is 0.0883. The molecule has 0 spiro atoms.